The maximum atomic E-state index is 5.73. The van der Waals surface area contributed by atoms with E-state index in [0.717, 1.165) is 36.3 Å². The molecule has 0 saturated heterocycles. The number of fused-ring (bicyclic) bond motifs is 1. The first-order chi connectivity index (χ1) is 13.2. The van der Waals surface area contributed by atoms with Crippen molar-refractivity contribution in [2.75, 3.05) is 6.61 Å². The van der Waals surface area contributed by atoms with Crippen LogP contribution in [0.1, 0.15) is 24.5 Å². The predicted octanol–water partition coefficient (Wildman–Crippen LogP) is 3.28. The average Bonchev–Trinajstić information content (AvgIpc) is 3.08. The Bertz CT molecular complexity index is 1020. The van der Waals surface area contributed by atoms with E-state index in [1.54, 1.807) is 12.7 Å². The fourth-order valence-electron chi connectivity index (χ4n) is 4.23. The Hall–Kier alpha value is -3.15. The number of rotatable bonds is 2. The minimum absolute atomic E-state index is 0.159. The first-order valence-electron chi connectivity index (χ1n) is 9.09. The molecular formula is C21H19N5O. The molecule has 2 aliphatic rings. The number of aliphatic imine (C=N–C) groups is 1. The van der Waals surface area contributed by atoms with Crippen molar-refractivity contribution in [1.29, 1.82) is 0 Å². The van der Waals surface area contributed by atoms with E-state index in [0.29, 0.717) is 6.61 Å². The Morgan fingerprint density at radius 3 is 2.00 bits per heavy atom. The molecule has 1 spiro atoms. The van der Waals surface area contributed by atoms with Gasteiger partial charge in [0.15, 0.2) is 5.90 Å². The summed E-state index contributed by atoms with van der Waals surface area (Å²) in [7, 11) is 0. The molecule has 1 unspecified atom stereocenters. The average molecular weight is 357 g/mol. The van der Waals surface area contributed by atoms with E-state index >= 15 is 0 Å². The van der Waals surface area contributed by atoms with Gasteiger partial charge in [0.25, 0.3) is 0 Å². The predicted molar refractivity (Wildman–Crippen MR) is 102 cm³/mol. The van der Waals surface area contributed by atoms with Crippen LogP contribution < -0.4 is 0 Å². The number of ether oxygens (including phenoxy) is 1. The van der Waals surface area contributed by atoms with Gasteiger partial charge < -0.3 is 4.74 Å². The lowest BCUT2D eigenvalue weighted by molar-refractivity contribution is 0.236. The summed E-state index contributed by atoms with van der Waals surface area (Å²) < 4.78 is 5.73. The van der Waals surface area contributed by atoms with Gasteiger partial charge in [-0.3, -0.25) is 0 Å². The summed E-state index contributed by atoms with van der Waals surface area (Å²) in [6, 6.07) is 4.32. The third-order valence-corrected chi connectivity index (χ3v) is 5.46. The maximum absolute atomic E-state index is 5.73. The fourth-order valence-corrected chi connectivity index (χ4v) is 4.23. The molecule has 3 aromatic rings. The smallest absolute Gasteiger partial charge is 0.180 e. The number of hydrogen-bond acceptors (Lipinski definition) is 6. The summed E-state index contributed by atoms with van der Waals surface area (Å²) in [5.74, 6) is 0.788. The molecule has 1 aliphatic heterocycles. The van der Waals surface area contributed by atoms with E-state index in [9.17, 15) is 0 Å². The monoisotopic (exact) mass is 357 g/mol. The molecule has 0 bridgehead atoms. The van der Waals surface area contributed by atoms with Gasteiger partial charge in [0.05, 0.1) is 0 Å². The number of nitrogens with zero attached hydrogens (tertiary/aromatic N) is 5. The van der Waals surface area contributed by atoms with Gasteiger partial charge in [-0.1, -0.05) is 12.1 Å². The van der Waals surface area contributed by atoms with Crippen molar-refractivity contribution in [3.8, 4) is 22.3 Å². The van der Waals surface area contributed by atoms with Crippen LogP contribution in [0.15, 0.2) is 54.6 Å². The number of aromatic nitrogens is 4. The molecule has 1 atom stereocenters. The summed E-state index contributed by atoms with van der Waals surface area (Å²) >= 11 is 0. The van der Waals surface area contributed by atoms with Crippen LogP contribution in [-0.4, -0.2) is 38.0 Å². The summed E-state index contributed by atoms with van der Waals surface area (Å²) in [6.07, 6.45) is 13.4. The van der Waals surface area contributed by atoms with Crippen LogP contribution in [0.3, 0.4) is 0 Å². The molecule has 0 fully saturated rings. The Morgan fingerprint density at radius 2 is 1.44 bits per heavy atom. The van der Waals surface area contributed by atoms with Crippen molar-refractivity contribution in [2.24, 2.45) is 4.99 Å². The normalized spacial score (nSPS) is 20.9. The number of hydrogen-bond donors (Lipinski definition) is 0. The van der Waals surface area contributed by atoms with E-state index in [1.165, 1.54) is 22.3 Å². The highest BCUT2D eigenvalue weighted by molar-refractivity contribution is 5.79. The van der Waals surface area contributed by atoms with Gasteiger partial charge in [-0.25, -0.2) is 24.9 Å². The third kappa shape index (κ3) is 2.77. The zero-order valence-corrected chi connectivity index (χ0v) is 15.1. The van der Waals surface area contributed by atoms with Gasteiger partial charge in [0.1, 0.15) is 24.8 Å². The van der Waals surface area contributed by atoms with Crippen LogP contribution in [0.2, 0.25) is 0 Å². The molecule has 5 rings (SSSR count). The minimum atomic E-state index is -0.159. The van der Waals surface area contributed by atoms with Crippen LogP contribution in [0.5, 0.6) is 0 Å². The molecule has 0 amide bonds. The molecular weight excluding hydrogens is 338 g/mol. The molecule has 0 N–H and O–H groups in total. The van der Waals surface area contributed by atoms with E-state index in [2.05, 4.69) is 32.1 Å². The molecule has 27 heavy (non-hydrogen) atoms. The van der Waals surface area contributed by atoms with E-state index in [1.807, 2.05) is 31.7 Å². The summed E-state index contributed by atoms with van der Waals surface area (Å²) in [5.41, 5.74) is 6.93. The zero-order valence-electron chi connectivity index (χ0n) is 15.1. The van der Waals surface area contributed by atoms with Crippen molar-refractivity contribution in [3.05, 3.63) is 60.7 Å². The lowest BCUT2D eigenvalue weighted by atomic mass is 9.74. The molecule has 1 aliphatic carbocycles. The number of benzene rings is 1. The first kappa shape index (κ1) is 16.1. The van der Waals surface area contributed by atoms with E-state index in [4.69, 9.17) is 9.73 Å². The van der Waals surface area contributed by atoms with Crippen molar-refractivity contribution in [2.45, 2.75) is 31.7 Å². The Morgan fingerprint density at radius 1 is 0.852 bits per heavy atom. The minimum Gasteiger partial charge on any atom is -0.479 e. The van der Waals surface area contributed by atoms with Gasteiger partial charge in [-0.2, -0.15) is 0 Å². The molecule has 6 nitrogen and oxygen atoms in total. The van der Waals surface area contributed by atoms with Crippen molar-refractivity contribution >= 4 is 5.90 Å². The highest BCUT2D eigenvalue weighted by Gasteiger charge is 2.40. The molecule has 6 heteroatoms. The maximum Gasteiger partial charge on any atom is 0.180 e. The third-order valence-electron chi connectivity index (χ3n) is 5.46. The van der Waals surface area contributed by atoms with Gasteiger partial charge in [0, 0.05) is 49.3 Å². The molecule has 2 aromatic heterocycles. The van der Waals surface area contributed by atoms with Crippen LogP contribution in [0.25, 0.3) is 22.3 Å². The second-order valence-corrected chi connectivity index (χ2v) is 7.19. The highest BCUT2D eigenvalue weighted by atomic mass is 16.5. The fraction of sp³-hybridized carbons (Fsp3) is 0.286. The van der Waals surface area contributed by atoms with Crippen LogP contribution in [-0.2, 0) is 17.6 Å². The highest BCUT2D eigenvalue weighted by Crippen LogP contribution is 2.42. The Kier molecular flexibility index (Phi) is 3.70. The largest absolute Gasteiger partial charge is 0.479 e. The zero-order chi connectivity index (χ0) is 18.3. The molecule has 134 valence electrons. The summed E-state index contributed by atoms with van der Waals surface area (Å²) in [5, 5.41) is 0. The van der Waals surface area contributed by atoms with Crippen molar-refractivity contribution in [1.82, 2.24) is 19.9 Å². The topological polar surface area (TPSA) is 73.2 Å². The van der Waals surface area contributed by atoms with Crippen LogP contribution >= 0.6 is 0 Å². The molecule has 3 heterocycles. The van der Waals surface area contributed by atoms with Crippen LogP contribution in [0.4, 0.5) is 0 Å². The first-order valence-corrected chi connectivity index (χ1v) is 9.09. The standard InChI is InChI=1S/C21H19N5O/c1-14-26-21(11-27-14)5-4-19-17(15-7-22-12-23-8-15)2-3-18(20(19)6-21)16-9-24-13-25-10-16/h2-3,7-10,12-13H,4-6,11H2,1H3. The summed E-state index contributed by atoms with van der Waals surface area (Å²) in [6.45, 7) is 2.59. The van der Waals surface area contributed by atoms with Crippen molar-refractivity contribution < 1.29 is 4.74 Å². The second-order valence-electron chi connectivity index (χ2n) is 7.19. The lowest BCUT2D eigenvalue weighted by Crippen LogP contribution is -2.36. The molecule has 0 radical (unpaired) electrons. The van der Waals surface area contributed by atoms with Crippen molar-refractivity contribution in [3.63, 3.8) is 0 Å². The van der Waals surface area contributed by atoms with E-state index in [-0.39, 0.29) is 5.54 Å². The van der Waals surface area contributed by atoms with Gasteiger partial charge >= 0.3 is 0 Å². The van der Waals surface area contributed by atoms with Crippen LogP contribution in [0, 0.1) is 0 Å². The van der Waals surface area contributed by atoms with E-state index < -0.39 is 0 Å². The Balaban J connectivity index is 1.69. The van der Waals surface area contributed by atoms with Gasteiger partial charge in [-0.05, 0) is 35.1 Å². The second kappa shape index (κ2) is 6.23. The SMILES string of the molecule is CC1=NC2(CCc3c(-c4cncnc4)ccc(-c4cncnc4)c3C2)CO1. The molecule has 0 saturated carbocycles. The van der Waals surface area contributed by atoms with Gasteiger partial charge in [0.2, 0.25) is 0 Å². The Labute approximate surface area is 157 Å². The lowest BCUT2D eigenvalue weighted by Gasteiger charge is -2.33. The van der Waals surface area contributed by atoms with Gasteiger partial charge in [-0.15, -0.1) is 0 Å². The summed E-state index contributed by atoms with van der Waals surface area (Å²) in [4.78, 5) is 21.7. The molecule has 1 aromatic carbocycles. The quantitative estimate of drug-likeness (QED) is 0.704.